The smallest absolute Gasteiger partial charge is 0.279 e. The lowest BCUT2D eigenvalue weighted by Gasteiger charge is -2.05. The minimum atomic E-state index is -0.454. The average Bonchev–Trinajstić information content (AvgIpc) is 2.57. The predicted octanol–water partition coefficient (Wildman–Crippen LogP) is 0.593. The summed E-state index contributed by atoms with van der Waals surface area (Å²) in [4.78, 5) is 36.4. The summed E-state index contributed by atoms with van der Waals surface area (Å²) >= 11 is 0. The van der Waals surface area contributed by atoms with Gasteiger partial charge in [-0.3, -0.25) is 18.9 Å². The molecule has 0 aliphatic heterocycles. The number of hydrogen-bond donors (Lipinski definition) is 0. The molecule has 3 heterocycles. The van der Waals surface area contributed by atoms with Crippen molar-refractivity contribution in [3.63, 3.8) is 0 Å². The van der Waals surface area contributed by atoms with Crippen LogP contribution >= 0.6 is 0 Å². The second-order valence-corrected chi connectivity index (χ2v) is 4.79. The molecule has 0 bridgehead atoms. The fourth-order valence-corrected chi connectivity index (χ4v) is 2.08. The van der Waals surface area contributed by atoms with Gasteiger partial charge in [0.15, 0.2) is 11.2 Å². The molecule has 0 amide bonds. The van der Waals surface area contributed by atoms with Crippen molar-refractivity contribution in [1.29, 1.82) is 0 Å². The van der Waals surface area contributed by atoms with Crippen LogP contribution in [0.25, 0.3) is 23.3 Å². The highest BCUT2D eigenvalue weighted by atomic mass is 16.2. The van der Waals surface area contributed by atoms with E-state index in [0.29, 0.717) is 5.69 Å². The first kappa shape index (κ1) is 13.9. The van der Waals surface area contributed by atoms with Crippen LogP contribution < -0.4 is 11.2 Å². The molecule has 0 saturated heterocycles. The Morgan fingerprint density at radius 1 is 1.05 bits per heavy atom. The van der Waals surface area contributed by atoms with E-state index < -0.39 is 11.2 Å². The molecule has 0 unspecified atom stereocenters. The van der Waals surface area contributed by atoms with Crippen molar-refractivity contribution in [1.82, 2.24) is 24.1 Å². The van der Waals surface area contributed by atoms with E-state index in [9.17, 15) is 9.59 Å². The molecule has 0 aliphatic carbocycles. The minimum absolute atomic E-state index is 0.168. The van der Waals surface area contributed by atoms with Crippen LogP contribution in [0.4, 0.5) is 0 Å². The molecule has 0 aliphatic rings. The summed E-state index contributed by atoms with van der Waals surface area (Å²) < 4.78 is 2.33. The summed E-state index contributed by atoms with van der Waals surface area (Å²) in [6.45, 7) is 0. The molecular weight excluding hydrogens is 282 g/mol. The van der Waals surface area contributed by atoms with Crippen LogP contribution in [0.15, 0.2) is 40.3 Å². The zero-order chi connectivity index (χ0) is 15.7. The lowest BCUT2D eigenvalue weighted by molar-refractivity contribution is 0.704. The summed E-state index contributed by atoms with van der Waals surface area (Å²) in [5.41, 5.74) is 1.07. The van der Waals surface area contributed by atoms with E-state index in [1.54, 1.807) is 25.5 Å². The van der Waals surface area contributed by atoms with Gasteiger partial charge in [-0.05, 0) is 23.8 Å². The summed E-state index contributed by atoms with van der Waals surface area (Å²) in [7, 11) is 2.98. The quantitative estimate of drug-likeness (QED) is 0.691. The summed E-state index contributed by atoms with van der Waals surface area (Å²) in [5, 5.41) is 0. The number of nitrogens with zero attached hydrogens (tertiary/aromatic N) is 5. The predicted molar refractivity (Wildman–Crippen MR) is 83.2 cm³/mol. The largest absolute Gasteiger partial charge is 0.332 e. The van der Waals surface area contributed by atoms with Crippen molar-refractivity contribution >= 4 is 23.3 Å². The van der Waals surface area contributed by atoms with E-state index in [1.807, 2.05) is 18.2 Å². The first-order chi connectivity index (χ1) is 10.6. The van der Waals surface area contributed by atoms with Gasteiger partial charge < -0.3 is 0 Å². The highest BCUT2D eigenvalue weighted by Gasteiger charge is 2.10. The van der Waals surface area contributed by atoms with Gasteiger partial charge in [0.2, 0.25) is 0 Å². The molecule has 0 N–H and O–H groups in total. The van der Waals surface area contributed by atoms with E-state index in [1.165, 1.54) is 17.8 Å². The van der Waals surface area contributed by atoms with E-state index in [0.717, 1.165) is 10.1 Å². The Kier molecular flexibility index (Phi) is 3.38. The molecule has 0 atom stereocenters. The molecular formula is C15H13N5O2. The van der Waals surface area contributed by atoms with Gasteiger partial charge in [0.25, 0.3) is 5.56 Å². The van der Waals surface area contributed by atoms with E-state index >= 15 is 0 Å². The molecule has 0 fully saturated rings. The van der Waals surface area contributed by atoms with E-state index in [4.69, 9.17) is 0 Å². The van der Waals surface area contributed by atoms with Gasteiger partial charge in [-0.25, -0.2) is 14.8 Å². The fraction of sp³-hybridized carbons (Fsp3) is 0.133. The van der Waals surface area contributed by atoms with Gasteiger partial charge in [0, 0.05) is 26.5 Å². The van der Waals surface area contributed by atoms with Gasteiger partial charge in [-0.1, -0.05) is 6.08 Å². The highest BCUT2D eigenvalue weighted by Crippen LogP contribution is 2.07. The molecule has 7 heteroatoms. The number of rotatable bonds is 2. The van der Waals surface area contributed by atoms with Gasteiger partial charge in [-0.15, -0.1) is 0 Å². The Bertz CT molecular complexity index is 986. The van der Waals surface area contributed by atoms with Crippen LogP contribution in [-0.2, 0) is 14.1 Å². The molecule has 3 aromatic heterocycles. The normalized spacial score (nSPS) is 11.4. The Morgan fingerprint density at radius 2 is 1.77 bits per heavy atom. The maximum absolute atomic E-state index is 12.1. The SMILES string of the molecule is Cn1c(=O)c2nc(C=Cc3ccncc3)cnc2n(C)c1=O. The fourth-order valence-electron chi connectivity index (χ4n) is 2.08. The highest BCUT2D eigenvalue weighted by molar-refractivity contribution is 5.73. The molecule has 7 nitrogen and oxygen atoms in total. The monoisotopic (exact) mass is 295 g/mol. The number of aryl methyl sites for hydroxylation is 1. The zero-order valence-electron chi connectivity index (χ0n) is 12.1. The Balaban J connectivity index is 2.13. The summed E-state index contributed by atoms with van der Waals surface area (Å²) in [5.74, 6) is 0. The molecule has 3 aromatic rings. The molecule has 0 saturated carbocycles. The molecule has 0 aromatic carbocycles. The zero-order valence-corrected chi connectivity index (χ0v) is 12.1. The third-order valence-electron chi connectivity index (χ3n) is 3.32. The van der Waals surface area contributed by atoms with Gasteiger partial charge in [-0.2, -0.15) is 0 Å². The molecule has 110 valence electrons. The van der Waals surface area contributed by atoms with Crippen LogP contribution in [0.3, 0.4) is 0 Å². The molecule has 3 rings (SSSR count). The van der Waals surface area contributed by atoms with E-state index in [2.05, 4.69) is 15.0 Å². The lowest BCUT2D eigenvalue weighted by atomic mass is 10.2. The molecule has 22 heavy (non-hydrogen) atoms. The summed E-state index contributed by atoms with van der Waals surface area (Å²) in [6.07, 6.45) is 8.52. The van der Waals surface area contributed by atoms with Crippen LogP contribution in [0, 0.1) is 0 Å². The standard InChI is InChI=1S/C15H13N5O2/c1-19-13-12(14(21)20(2)15(19)22)18-11(9-17-13)4-3-10-5-7-16-8-6-10/h3-9H,1-2H3. The first-order valence-electron chi connectivity index (χ1n) is 6.59. The van der Waals surface area contributed by atoms with Crippen molar-refractivity contribution < 1.29 is 0 Å². The van der Waals surface area contributed by atoms with E-state index in [-0.39, 0.29) is 11.2 Å². The Morgan fingerprint density at radius 3 is 2.50 bits per heavy atom. The maximum Gasteiger partial charge on any atom is 0.332 e. The van der Waals surface area contributed by atoms with Crippen molar-refractivity contribution in [3.8, 4) is 0 Å². The van der Waals surface area contributed by atoms with Crippen LogP contribution in [0.1, 0.15) is 11.3 Å². The number of hydrogen-bond acceptors (Lipinski definition) is 5. The third-order valence-corrected chi connectivity index (χ3v) is 3.32. The van der Waals surface area contributed by atoms with Crippen molar-refractivity contribution in [3.05, 3.63) is 62.8 Å². The third kappa shape index (κ3) is 2.32. The average molecular weight is 295 g/mol. The second-order valence-electron chi connectivity index (χ2n) is 4.79. The number of fused-ring (bicyclic) bond motifs is 1. The Hall–Kier alpha value is -3.09. The van der Waals surface area contributed by atoms with Gasteiger partial charge in [0.1, 0.15) is 0 Å². The minimum Gasteiger partial charge on any atom is -0.279 e. The van der Waals surface area contributed by atoms with Crippen LogP contribution in [-0.4, -0.2) is 24.1 Å². The lowest BCUT2D eigenvalue weighted by Crippen LogP contribution is -2.37. The van der Waals surface area contributed by atoms with Crippen molar-refractivity contribution in [2.45, 2.75) is 0 Å². The second kappa shape index (κ2) is 5.36. The van der Waals surface area contributed by atoms with Crippen LogP contribution in [0.5, 0.6) is 0 Å². The number of aromatic nitrogens is 5. The number of pyridine rings is 1. The topological polar surface area (TPSA) is 82.7 Å². The van der Waals surface area contributed by atoms with Gasteiger partial charge in [0.05, 0.1) is 11.9 Å². The summed E-state index contributed by atoms with van der Waals surface area (Å²) in [6, 6.07) is 3.71. The van der Waals surface area contributed by atoms with Crippen molar-refractivity contribution in [2.24, 2.45) is 14.1 Å². The van der Waals surface area contributed by atoms with Crippen molar-refractivity contribution in [2.75, 3.05) is 0 Å². The Labute approximate surface area is 125 Å². The molecule has 0 radical (unpaired) electrons. The van der Waals surface area contributed by atoms with Gasteiger partial charge >= 0.3 is 5.69 Å². The molecule has 0 spiro atoms. The van der Waals surface area contributed by atoms with Crippen LogP contribution in [0.2, 0.25) is 0 Å². The first-order valence-corrected chi connectivity index (χ1v) is 6.59. The maximum atomic E-state index is 12.1.